The van der Waals surface area contributed by atoms with Crippen molar-refractivity contribution in [1.82, 2.24) is 10.1 Å². The van der Waals surface area contributed by atoms with E-state index in [2.05, 4.69) is 11.9 Å². The van der Waals surface area contributed by atoms with Crippen LogP contribution in [0.2, 0.25) is 0 Å². The molecule has 36 heavy (non-hydrogen) atoms. The predicted molar refractivity (Wildman–Crippen MR) is 141 cm³/mol. The lowest BCUT2D eigenvalue weighted by molar-refractivity contribution is -0.763. The van der Waals surface area contributed by atoms with Gasteiger partial charge in [-0.25, -0.2) is 4.90 Å². The van der Waals surface area contributed by atoms with Gasteiger partial charge in [0, 0.05) is 17.8 Å². The third kappa shape index (κ3) is 4.97. The molecule has 8 nitrogen and oxygen atoms in total. The second kappa shape index (κ2) is 11.6. The van der Waals surface area contributed by atoms with Crippen LogP contribution in [0.3, 0.4) is 0 Å². The fourth-order valence-electron chi connectivity index (χ4n) is 4.58. The van der Waals surface area contributed by atoms with Crippen LogP contribution in [0.4, 0.5) is 5.69 Å². The second-order valence-electron chi connectivity index (χ2n) is 8.55. The van der Waals surface area contributed by atoms with Crippen molar-refractivity contribution in [2.24, 2.45) is 0 Å². The highest BCUT2D eigenvalue weighted by Gasteiger charge is 2.46. The van der Waals surface area contributed by atoms with E-state index >= 15 is 0 Å². The molecular weight excluding hydrogens is 476 g/mol. The molecule has 1 aliphatic rings. The number of benzene rings is 2. The Morgan fingerprint density at radius 1 is 1.14 bits per heavy atom. The maximum absolute atomic E-state index is 13.5. The summed E-state index contributed by atoms with van der Waals surface area (Å²) in [6.07, 6.45) is 3.80. The summed E-state index contributed by atoms with van der Waals surface area (Å²) < 4.78 is 13.3. The van der Waals surface area contributed by atoms with Crippen LogP contribution in [0.1, 0.15) is 58.2 Å². The smallest absolute Gasteiger partial charge is 0.325 e. The number of aromatic amines is 1. The molecule has 0 spiro atoms. The molecule has 3 aromatic rings. The topological polar surface area (TPSA) is 88.4 Å². The number of methoxy groups -OCH3 is 1. The molecule has 2 aromatic carbocycles. The number of amides is 1. The number of fused-ring (bicyclic) bond motifs is 3. The zero-order valence-corrected chi connectivity index (χ0v) is 22.1. The van der Waals surface area contributed by atoms with E-state index < -0.39 is 6.17 Å². The number of carbonyl (C=O) groups is 1. The molecule has 1 amide bonds. The number of rotatable bonds is 10. The Morgan fingerprint density at radius 3 is 2.67 bits per heavy atom. The van der Waals surface area contributed by atoms with E-state index in [-0.39, 0.29) is 11.5 Å². The number of hydrogen-bond donors (Lipinski definition) is 1. The average molecular weight is 510 g/mol. The first-order chi connectivity index (χ1) is 17.5. The van der Waals surface area contributed by atoms with Crippen LogP contribution in [0.15, 0.2) is 52.4 Å². The Bertz CT molecular complexity index is 1290. The van der Waals surface area contributed by atoms with Crippen molar-refractivity contribution in [3.63, 3.8) is 0 Å². The Labute approximate surface area is 215 Å². The third-order valence-corrected chi connectivity index (χ3v) is 7.08. The van der Waals surface area contributed by atoms with E-state index in [9.17, 15) is 9.59 Å². The van der Waals surface area contributed by atoms with Crippen molar-refractivity contribution >= 4 is 23.4 Å². The van der Waals surface area contributed by atoms with Gasteiger partial charge in [0.1, 0.15) is 0 Å². The summed E-state index contributed by atoms with van der Waals surface area (Å²) in [5.74, 6) is 1.75. The zero-order chi connectivity index (χ0) is 25.7. The summed E-state index contributed by atoms with van der Waals surface area (Å²) in [5.41, 5.74) is 2.12. The highest BCUT2D eigenvalue weighted by Crippen LogP contribution is 2.42. The molecule has 1 unspecified atom stereocenters. The number of H-pyrrole nitrogens is 1. The van der Waals surface area contributed by atoms with Crippen LogP contribution in [0.25, 0.3) is 11.3 Å². The minimum atomic E-state index is -0.732. The van der Waals surface area contributed by atoms with Gasteiger partial charge in [-0.2, -0.15) is 0 Å². The second-order valence-corrected chi connectivity index (χ2v) is 9.64. The molecular formula is C27H33N4O4S+. The van der Waals surface area contributed by atoms with Crippen molar-refractivity contribution < 1.29 is 19.0 Å². The number of carbonyl (C=O) groups excluding carboxylic acids is 1. The number of nitrogens with zero attached hydrogens (tertiary/aromatic N) is 3. The SMILES string of the molecule is CCCCCCSc1n[n+]2c(c(=O)[nH]1)-c1ccccc1N(C(C)=O)C2c1cccc(OCC)c1OC. The first-order valence-electron chi connectivity index (χ1n) is 12.4. The molecule has 4 rings (SSSR count). The van der Waals surface area contributed by atoms with Gasteiger partial charge in [-0.15, -0.1) is 0 Å². The van der Waals surface area contributed by atoms with Gasteiger partial charge < -0.3 is 9.47 Å². The number of anilines is 1. The van der Waals surface area contributed by atoms with E-state index in [4.69, 9.17) is 14.6 Å². The van der Waals surface area contributed by atoms with E-state index in [1.807, 2.05) is 49.4 Å². The molecule has 1 N–H and O–H groups in total. The van der Waals surface area contributed by atoms with Crippen LogP contribution in [-0.4, -0.2) is 35.5 Å². The van der Waals surface area contributed by atoms with Crippen molar-refractivity contribution in [2.45, 2.75) is 57.8 Å². The molecule has 190 valence electrons. The molecule has 0 saturated carbocycles. The Morgan fingerprint density at radius 2 is 1.94 bits per heavy atom. The maximum atomic E-state index is 13.5. The molecule has 0 fully saturated rings. The highest BCUT2D eigenvalue weighted by molar-refractivity contribution is 7.99. The van der Waals surface area contributed by atoms with Gasteiger partial charge in [0.15, 0.2) is 11.5 Å². The highest BCUT2D eigenvalue weighted by atomic mass is 32.2. The molecule has 1 aliphatic heterocycles. The van der Waals surface area contributed by atoms with Crippen LogP contribution in [0, 0.1) is 0 Å². The predicted octanol–water partition coefficient (Wildman–Crippen LogP) is 4.72. The summed E-state index contributed by atoms with van der Waals surface area (Å²) in [4.78, 5) is 31.2. The fraction of sp³-hybridized carbons (Fsp3) is 0.407. The van der Waals surface area contributed by atoms with Gasteiger partial charge >= 0.3 is 11.3 Å². The zero-order valence-electron chi connectivity index (χ0n) is 21.2. The number of hydrogen-bond acceptors (Lipinski definition) is 6. The molecule has 1 atom stereocenters. The van der Waals surface area contributed by atoms with Gasteiger partial charge in [0.2, 0.25) is 11.1 Å². The average Bonchev–Trinajstić information content (AvgIpc) is 2.87. The van der Waals surface area contributed by atoms with Crippen LogP contribution in [-0.2, 0) is 4.79 Å². The number of nitrogens with one attached hydrogen (secondary N) is 1. The van der Waals surface area contributed by atoms with E-state index in [0.717, 1.165) is 18.6 Å². The molecule has 2 heterocycles. The van der Waals surface area contributed by atoms with Gasteiger partial charge in [0.25, 0.3) is 6.17 Å². The summed E-state index contributed by atoms with van der Waals surface area (Å²) in [6, 6.07) is 13.0. The molecule has 0 saturated heterocycles. The standard InChI is InChI=1S/C27H32N4O4S/c1-5-7-8-11-17-36-27-28-25(33)23-19-13-9-10-15-21(19)30(18(3)32)26(31(23)29-27)20-14-12-16-22(35-6-2)24(20)34-4/h9-10,12-16,26H,5-8,11,17H2,1-4H3/p+1. The minimum absolute atomic E-state index is 0.176. The first-order valence-corrected chi connectivity index (χ1v) is 13.4. The number of para-hydroxylation sites is 2. The molecule has 1 aromatic heterocycles. The summed E-state index contributed by atoms with van der Waals surface area (Å²) >= 11 is 1.52. The Kier molecular flexibility index (Phi) is 8.30. The maximum Gasteiger partial charge on any atom is 0.325 e. The summed E-state index contributed by atoms with van der Waals surface area (Å²) in [5, 5.41) is 5.39. The lowest BCUT2D eigenvalue weighted by Crippen LogP contribution is -2.60. The normalized spacial score (nSPS) is 14.2. The molecule has 0 aliphatic carbocycles. The number of unbranched alkanes of at least 4 members (excludes halogenated alkanes) is 3. The molecule has 9 heteroatoms. The fourth-order valence-corrected chi connectivity index (χ4v) is 5.43. The molecule has 0 bridgehead atoms. The summed E-state index contributed by atoms with van der Waals surface area (Å²) in [7, 11) is 1.57. The number of ether oxygens (including phenoxy) is 2. The van der Waals surface area contributed by atoms with Crippen molar-refractivity contribution in [3.05, 3.63) is 58.4 Å². The first kappa shape index (κ1) is 25.8. The summed E-state index contributed by atoms with van der Waals surface area (Å²) in [6.45, 7) is 6.06. The number of thioether (sulfide) groups is 1. The van der Waals surface area contributed by atoms with E-state index in [0.29, 0.717) is 45.8 Å². The van der Waals surface area contributed by atoms with Crippen molar-refractivity contribution in [2.75, 3.05) is 24.4 Å². The van der Waals surface area contributed by atoms with E-state index in [1.165, 1.54) is 31.5 Å². The van der Waals surface area contributed by atoms with Crippen LogP contribution >= 0.6 is 11.8 Å². The van der Waals surface area contributed by atoms with E-state index in [1.54, 1.807) is 16.7 Å². The third-order valence-electron chi connectivity index (χ3n) is 6.13. The quantitative estimate of drug-likeness (QED) is 0.242. The molecule has 0 radical (unpaired) electrons. The Hall–Kier alpha value is -3.33. The van der Waals surface area contributed by atoms with Crippen LogP contribution in [0.5, 0.6) is 11.5 Å². The van der Waals surface area contributed by atoms with Gasteiger partial charge in [-0.05, 0) is 42.3 Å². The Balaban J connectivity index is 1.91. The number of aromatic nitrogens is 3. The van der Waals surface area contributed by atoms with Crippen molar-refractivity contribution in [3.8, 4) is 22.8 Å². The lowest BCUT2D eigenvalue weighted by Gasteiger charge is -2.32. The lowest BCUT2D eigenvalue weighted by atomic mass is 10.0. The van der Waals surface area contributed by atoms with Gasteiger partial charge in [-0.1, -0.05) is 56.1 Å². The largest absolute Gasteiger partial charge is 0.492 e. The van der Waals surface area contributed by atoms with Crippen LogP contribution < -0.4 is 24.6 Å². The minimum Gasteiger partial charge on any atom is -0.492 e. The van der Waals surface area contributed by atoms with Crippen molar-refractivity contribution in [1.29, 1.82) is 0 Å². The van der Waals surface area contributed by atoms with Gasteiger partial charge in [-0.3, -0.25) is 14.6 Å². The monoisotopic (exact) mass is 509 g/mol. The van der Waals surface area contributed by atoms with Gasteiger partial charge in [0.05, 0.1) is 30.5 Å².